The van der Waals surface area contributed by atoms with E-state index in [0.717, 1.165) is 16.9 Å². The summed E-state index contributed by atoms with van der Waals surface area (Å²) in [4.78, 5) is 44.4. The van der Waals surface area contributed by atoms with Gasteiger partial charge in [-0.15, -0.1) is 0 Å². The first-order chi connectivity index (χ1) is 15.9. The van der Waals surface area contributed by atoms with E-state index in [1.54, 1.807) is 41.0 Å². The Morgan fingerprint density at radius 2 is 1.70 bits per heavy atom. The zero-order valence-electron chi connectivity index (χ0n) is 18.7. The van der Waals surface area contributed by atoms with Gasteiger partial charge in [-0.3, -0.25) is 9.59 Å². The van der Waals surface area contributed by atoms with Gasteiger partial charge in [0.25, 0.3) is 5.91 Å². The van der Waals surface area contributed by atoms with E-state index in [2.05, 4.69) is 5.32 Å². The van der Waals surface area contributed by atoms with E-state index in [9.17, 15) is 14.4 Å². The molecule has 0 aliphatic carbocycles. The molecular weight excluding hydrogens is 444 g/mol. The van der Waals surface area contributed by atoms with Crippen molar-refractivity contribution in [2.75, 3.05) is 33.8 Å². The Morgan fingerprint density at radius 3 is 2.33 bits per heavy atom. The van der Waals surface area contributed by atoms with Gasteiger partial charge in [-0.2, -0.15) is 0 Å². The van der Waals surface area contributed by atoms with Gasteiger partial charge in [-0.05, 0) is 41.8 Å². The molecule has 2 heterocycles. The molecular formula is C24H27ClN4O4. The number of piperazine rings is 1. The minimum Gasteiger partial charge on any atom is -0.497 e. The molecule has 1 spiro atoms. The minimum absolute atomic E-state index is 0.0137. The van der Waals surface area contributed by atoms with E-state index in [1.807, 2.05) is 36.4 Å². The van der Waals surface area contributed by atoms with Crippen molar-refractivity contribution in [2.45, 2.75) is 25.0 Å². The molecule has 0 aromatic heterocycles. The highest BCUT2D eigenvalue weighted by molar-refractivity contribution is 6.30. The Balaban J connectivity index is 1.63. The maximum atomic E-state index is 13.9. The maximum Gasteiger partial charge on any atom is 0.317 e. The fourth-order valence-corrected chi connectivity index (χ4v) is 4.71. The van der Waals surface area contributed by atoms with Gasteiger partial charge in [0, 0.05) is 31.7 Å². The van der Waals surface area contributed by atoms with Crippen LogP contribution in [0.1, 0.15) is 17.5 Å². The van der Waals surface area contributed by atoms with Crippen LogP contribution in [0.5, 0.6) is 5.75 Å². The average molecular weight is 471 g/mol. The summed E-state index contributed by atoms with van der Waals surface area (Å²) >= 11 is 6.01. The van der Waals surface area contributed by atoms with Crippen molar-refractivity contribution in [2.24, 2.45) is 0 Å². The summed E-state index contributed by atoms with van der Waals surface area (Å²) in [5, 5.41) is 3.22. The van der Waals surface area contributed by atoms with Gasteiger partial charge >= 0.3 is 6.03 Å². The highest BCUT2D eigenvalue weighted by Gasteiger charge is 2.56. The van der Waals surface area contributed by atoms with Crippen molar-refractivity contribution in [3.63, 3.8) is 0 Å². The third-order valence-electron chi connectivity index (χ3n) is 6.36. The number of likely N-dealkylation sites (tertiary alicyclic amines) is 1. The molecule has 1 N–H and O–H groups in total. The van der Waals surface area contributed by atoms with E-state index in [1.165, 1.54) is 0 Å². The topological polar surface area (TPSA) is 82.2 Å². The lowest BCUT2D eigenvalue weighted by Crippen LogP contribution is -2.68. The van der Waals surface area contributed by atoms with Crippen molar-refractivity contribution < 1.29 is 19.1 Å². The third-order valence-corrected chi connectivity index (χ3v) is 6.62. The number of carbonyl (C=O) groups is 3. The number of amides is 4. The number of urea groups is 1. The van der Waals surface area contributed by atoms with Crippen LogP contribution >= 0.6 is 11.6 Å². The van der Waals surface area contributed by atoms with Crippen molar-refractivity contribution in [3.05, 3.63) is 64.7 Å². The lowest BCUT2D eigenvalue weighted by molar-refractivity contribution is -0.165. The minimum atomic E-state index is -1.10. The molecule has 0 radical (unpaired) electrons. The van der Waals surface area contributed by atoms with Crippen LogP contribution in [0.2, 0.25) is 5.02 Å². The molecule has 8 nitrogen and oxygen atoms in total. The van der Waals surface area contributed by atoms with Crippen molar-refractivity contribution in [1.29, 1.82) is 0 Å². The summed E-state index contributed by atoms with van der Waals surface area (Å²) in [6.07, 6.45) is 0.387. The Hall–Kier alpha value is -3.26. The predicted octanol–water partition coefficient (Wildman–Crippen LogP) is 2.50. The molecule has 174 valence electrons. The molecule has 2 aliphatic heterocycles. The molecule has 0 bridgehead atoms. The molecule has 9 heteroatoms. The number of hydrogen-bond donors (Lipinski definition) is 1. The lowest BCUT2D eigenvalue weighted by atomic mass is 9.90. The number of ether oxygens (including phenoxy) is 1. The van der Waals surface area contributed by atoms with Crippen LogP contribution in [0.25, 0.3) is 0 Å². The van der Waals surface area contributed by atoms with E-state index in [-0.39, 0.29) is 37.5 Å². The Kier molecular flexibility index (Phi) is 6.47. The number of rotatable bonds is 5. The van der Waals surface area contributed by atoms with Gasteiger partial charge in [0.2, 0.25) is 5.91 Å². The first-order valence-electron chi connectivity index (χ1n) is 10.8. The SMILES string of the molecule is CNC(=O)N1CCC2(C1)C(=O)N(Cc1ccc(OC)cc1)CC(=O)N2Cc1ccc(Cl)cc1. The van der Waals surface area contributed by atoms with Crippen molar-refractivity contribution in [1.82, 2.24) is 20.0 Å². The average Bonchev–Trinajstić information content (AvgIpc) is 3.27. The number of benzene rings is 2. The smallest absolute Gasteiger partial charge is 0.317 e. The molecule has 4 rings (SSSR count). The van der Waals surface area contributed by atoms with E-state index in [4.69, 9.17) is 16.3 Å². The number of nitrogens with one attached hydrogen (secondary N) is 1. The van der Waals surface area contributed by atoms with E-state index < -0.39 is 5.54 Å². The number of methoxy groups -OCH3 is 1. The van der Waals surface area contributed by atoms with Crippen LogP contribution in [0.4, 0.5) is 4.79 Å². The normalized spacial score (nSPS) is 20.5. The van der Waals surface area contributed by atoms with Gasteiger partial charge in [0.1, 0.15) is 17.8 Å². The van der Waals surface area contributed by atoms with Crippen molar-refractivity contribution in [3.8, 4) is 5.75 Å². The van der Waals surface area contributed by atoms with Crippen LogP contribution in [0.15, 0.2) is 48.5 Å². The molecule has 1 unspecified atom stereocenters. The number of hydrogen-bond acceptors (Lipinski definition) is 4. The first kappa shape index (κ1) is 22.9. The Morgan fingerprint density at radius 1 is 1.06 bits per heavy atom. The standard InChI is InChI=1S/C24H27ClN4O4/c1-26-23(32)27-12-11-24(16-27)22(31)28(13-17-5-9-20(33-2)10-6-17)15-21(30)29(24)14-18-3-7-19(25)8-4-18/h3-10H,11-16H2,1-2H3,(H,26,32). The third kappa shape index (κ3) is 4.48. The Labute approximate surface area is 198 Å². The molecule has 4 amide bonds. The maximum absolute atomic E-state index is 13.9. The predicted molar refractivity (Wildman–Crippen MR) is 124 cm³/mol. The molecule has 2 aromatic carbocycles. The summed E-state index contributed by atoms with van der Waals surface area (Å²) in [5.74, 6) is 0.442. The Bertz CT molecular complexity index is 1040. The quantitative estimate of drug-likeness (QED) is 0.728. The number of halogens is 1. The molecule has 2 aromatic rings. The second-order valence-electron chi connectivity index (χ2n) is 8.37. The lowest BCUT2D eigenvalue weighted by Gasteiger charge is -2.47. The zero-order valence-corrected chi connectivity index (χ0v) is 19.5. The highest BCUT2D eigenvalue weighted by Crippen LogP contribution is 2.35. The number of nitrogens with zero attached hydrogens (tertiary/aromatic N) is 3. The summed E-state index contributed by atoms with van der Waals surface area (Å²) in [7, 11) is 3.15. The van der Waals surface area contributed by atoms with Gasteiger partial charge in [0.15, 0.2) is 0 Å². The molecule has 33 heavy (non-hydrogen) atoms. The zero-order chi connectivity index (χ0) is 23.6. The van der Waals surface area contributed by atoms with Gasteiger partial charge < -0.3 is 24.8 Å². The van der Waals surface area contributed by atoms with Crippen LogP contribution in [0.3, 0.4) is 0 Å². The van der Waals surface area contributed by atoms with E-state index >= 15 is 0 Å². The second-order valence-corrected chi connectivity index (χ2v) is 8.81. The summed E-state index contributed by atoms with van der Waals surface area (Å²) in [5.41, 5.74) is 0.676. The fraction of sp³-hybridized carbons (Fsp3) is 0.375. The molecule has 1 atom stereocenters. The fourth-order valence-electron chi connectivity index (χ4n) is 4.58. The molecule has 0 saturated carbocycles. The van der Waals surface area contributed by atoms with Crippen LogP contribution < -0.4 is 10.1 Å². The van der Waals surface area contributed by atoms with Crippen LogP contribution in [-0.4, -0.2) is 71.9 Å². The number of carbonyl (C=O) groups excluding carboxylic acids is 3. The van der Waals surface area contributed by atoms with Gasteiger partial charge in [0.05, 0.1) is 13.7 Å². The first-order valence-corrected chi connectivity index (χ1v) is 11.2. The van der Waals surface area contributed by atoms with Gasteiger partial charge in [-0.1, -0.05) is 35.9 Å². The van der Waals surface area contributed by atoms with Crippen molar-refractivity contribution >= 4 is 29.4 Å². The second kappa shape index (κ2) is 9.31. The largest absolute Gasteiger partial charge is 0.497 e. The highest BCUT2D eigenvalue weighted by atomic mass is 35.5. The molecule has 2 aliphatic rings. The summed E-state index contributed by atoms with van der Waals surface area (Å²) < 4.78 is 5.20. The summed E-state index contributed by atoms with van der Waals surface area (Å²) in [6, 6.07) is 14.4. The van der Waals surface area contributed by atoms with Gasteiger partial charge in [-0.25, -0.2) is 4.79 Å². The summed E-state index contributed by atoms with van der Waals surface area (Å²) in [6.45, 7) is 1.13. The van der Waals surface area contributed by atoms with E-state index in [0.29, 0.717) is 24.5 Å². The van der Waals surface area contributed by atoms with Crippen LogP contribution in [0, 0.1) is 0 Å². The molecule has 2 saturated heterocycles. The van der Waals surface area contributed by atoms with Crippen LogP contribution in [-0.2, 0) is 22.7 Å². The molecule has 2 fully saturated rings. The monoisotopic (exact) mass is 470 g/mol.